The second kappa shape index (κ2) is 11.1. The predicted octanol–water partition coefficient (Wildman–Crippen LogP) is 2.10. The summed E-state index contributed by atoms with van der Waals surface area (Å²) in [6, 6.07) is 8.23. The third-order valence-corrected chi connectivity index (χ3v) is 2.65. The summed E-state index contributed by atoms with van der Waals surface area (Å²) in [5.41, 5.74) is 13.9. The maximum Gasteiger partial charge on any atom is 0.472 e. The van der Waals surface area contributed by atoms with Crippen molar-refractivity contribution in [3.8, 4) is 0 Å². The summed E-state index contributed by atoms with van der Waals surface area (Å²) in [7, 11) is 0. The molecule has 122 valence electrons. The average Bonchev–Trinajstić information content (AvgIpc) is 2.41. The molecule has 0 saturated heterocycles. The minimum absolute atomic E-state index is 0.00403. The van der Waals surface area contributed by atoms with Crippen LogP contribution in [-0.4, -0.2) is 27.2 Å². The van der Waals surface area contributed by atoms with Gasteiger partial charge in [-0.25, -0.2) is 10.4 Å². The maximum absolute atomic E-state index is 8.47. The molecule has 0 spiro atoms. The number of hydrogen-bond donors (Lipinski definition) is 4. The maximum atomic E-state index is 8.47. The summed E-state index contributed by atoms with van der Waals surface area (Å²) in [4.78, 5) is 8.47. The summed E-state index contributed by atoms with van der Waals surface area (Å²) in [6.45, 7) is 4.24. The van der Waals surface area contributed by atoms with Crippen LogP contribution in [0.25, 0.3) is 0 Å². The Hall–Kier alpha value is -2.64. The van der Waals surface area contributed by atoms with Gasteiger partial charge in [-0.3, -0.25) is 0 Å². The fourth-order valence-electron chi connectivity index (χ4n) is 1.74. The highest BCUT2D eigenvalue weighted by Gasteiger charge is 2.04. The van der Waals surface area contributed by atoms with E-state index in [0.29, 0.717) is 0 Å². The van der Waals surface area contributed by atoms with E-state index in [-0.39, 0.29) is 5.96 Å². The van der Waals surface area contributed by atoms with Crippen molar-refractivity contribution in [1.29, 1.82) is 0 Å². The number of rotatable bonds is 6. The lowest BCUT2D eigenvalue weighted by molar-refractivity contribution is -0.969. The van der Waals surface area contributed by atoms with Crippen LogP contribution in [-0.2, 0) is 0 Å². The summed E-state index contributed by atoms with van der Waals surface area (Å²) >= 11 is 0. The molecular weight excluding hydrogens is 286 g/mol. The molecule has 0 radical (unpaired) electrons. The third kappa shape index (κ3) is 10.2. The van der Waals surface area contributed by atoms with Crippen LogP contribution in [0.3, 0.4) is 0 Å². The third-order valence-electron chi connectivity index (χ3n) is 2.65. The van der Waals surface area contributed by atoms with Gasteiger partial charge in [0.15, 0.2) is 0 Å². The molecule has 0 aliphatic heterocycles. The molecule has 8 heteroatoms. The van der Waals surface area contributed by atoms with Crippen LogP contribution in [0.2, 0.25) is 0 Å². The van der Waals surface area contributed by atoms with Gasteiger partial charge in [0.25, 0.3) is 0 Å². The van der Waals surface area contributed by atoms with Crippen LogP contribution >= 0.6 is 0 Å². The molecule has 0 aromatic heterocycles. The molecule has 0 aliphatic rings. The fourth-order valence-corrected chi connectivity index (χ4v) is 1.74. The Morgan fingerprint density at radius 2 is 1.86 bits per heavy atom. The second-order valence-electron chi connectivity index (χ2n) is 4.65. The van der Waals surface area contributed by atoms with E-state index in [4.69, 9.17) is 26.8 Å². The van der Waals surface area contributed by atoms with Crippen molar-refractivity contribution in [3.63, 3.8) is 0 Å². The van der Waals surface area contributed by atoms with Crippen molar-refractivity contribution in [1.82, 2.24) is 0 Å². The van der Waals surface area contributed by atoms with Gasteiger partial charge in [0, 0.05) is 0 Å². The zero-order valence-corrected chi connectivity index (χ0v) is 12.9. The van der Waals surface area contributed by atoms with Crippen molar-refractivity contribution < 1.29 is 15.5 Å². The number of aryl methyl sites for hydroxylation is 1. The van der Waals surface area contributed by atoms with Crippen molar-refractivity contribution in [3.05, 3.63) is 40.3 Å². The minimum Gasteiger partial charge on any atom is -0.369 e. The monoisotopic (exact) mass is 310 g/mol. The van der Waals surface area contributed by atoms with Gasteiger partial charge in [0.1, 0.15) is 4.91 Å². The standard InChI is InChI=1S/C14H22N4.H2NO3/c1-3-4-5-9-13(17-18-14(15)16)12-8-6-7-11(2)10-12;2-1(3)4/h6-8,10H,3-5,9H2,1-2H3,(H4,15,16,18);(H2,2,3,4)/q;+1/b17-13+;. The molecule has 22 heavy (non-hydrogen) atoms. The molecule has 0 fully saturated rings. The molecule has 0 atom stereocenters. The lowest BCUT2D eigenvalue weighted by Gasteiger charge is -2.06. The number of guanidine groups is 1. The normalized spacial score (nSPS) is 10.4. The predicted molar refractivity (Wildman–Crippen MR) is 84.9 cm³/mol. The van der Waals surface area contributed by atoms with Crippen LogP contribution in [0.15, 0.2) is 34.5 Å². The highest BCUT2D eigenvalue weighted by Crippen LogP contribution is 2.11. The quantitative estimate of drug-likeness (QED) is 0.276. The molecule has 0 bridgehead atoms. The van der Waals surface area contributed by atoms with Gasteiger partial charge in [-0.2, -0.15) is 5.10 Å². The Balaban J connectivity index is 0.000000980. The van der Waals surface area contributed by atoms with Crippen LogP contribution in [0.4, 0.5) is 0 Å². The van der Waals surface area contributed by atoms with Crippen LogP contribution in [0, 0.1) is 11.8 Å². The Kier molecular flexibility index (Phi) is 9.74. The van der Waals surface area contributed by atoms with Gasteiger partial charge in [-0.1, -0.05) is 49.6 Å². The van der Waals surface area contributed by atoms with Crippen LogP contribution in [0.5, 0.6) is 0 Å². The molecule has 0 aliphatic carbocycles. The van der Waals surface area contributed by atoms with Crippen molar-refractivity contribution in [2.24, 2.45) is 21.7 Å². The number of unbranched alkanes of at least 4 members (excludes halogenated alkanes) is 2. The highest BCUT2D eigenvalue weighted by molar-refractivity contribution is 6.00. The summed E-state index contributed by atoms with van der Waals surface area (Å²) < 4.78 is 0. The largest absolute Gasteiger partial charge is 0.472 e. The van der Waals surface area contributed by atoms with Crippen molar-refractivity contribution in [2.75, 3.05) is 0 Å². The van der Waals surface area contributed by atoms with Gasteiger partial charge in [-0.15, -0.1) is 5.10 Å². The van der Waals surface area contributed by atoms with Gasteiger partial charge in [0.05, 0.1) is 5.71 Å². The van der Waals surface area contributed by atoms with E-state index in [1.807, 2.05) is 12.1 Å². The Morgan fingerprint density at radius 1 is 1.23 bits per heavy atom. The van der Waals surface area contributed by atoms with Crippen LogP contribution < -0.4 is 11.5 Å². The van der Waals surface area contributed by atoms with E-state index in [1.165, 1.54) is 18.4 Å². The number of nitrogens with zero attached hydrogens (tertiary/aromatic N) is 3. The molecular formula is C14H24N5O3+. The number of hydrogen-bond acceptors (Lipinski definition) is 3. The Morgan fingerprint density at radius 3 is 2.36 bits per heavy atom. The molecule has 0 amide bonds. The molecule has 8 nitrogen and oxygen atoms in total. The highest BCUT2D eigenvalue weighted by atomic mass is 16.9. The zero-order valence-electron chi connectivity index (χ0n) is 12.9. The van der Waals surface area contributed by atoms with E-state index in [2.05, 4.69) is 36.2 Å². The fraction of sp³-hybridized carbons (Fsp3) is 0.429. The van der Waals surface area contributed by atoms with Gasteiger partial charge >= 0.3 is 5.09 Å². The Labute approximate surface area is 129 Å². The topological polar surface area (TPSA) is 137 Å². The first-order valence-corrected chi connectivity index (χ1v) is 6.94. The first-order valence-electron chi connectivity index (χ1n) is 6.94. The second-order valence-corrected chi connectivity index (χ2v) is 4.65. The van der Waals surface area contributed by atoms with Gasteiger partial charge < -0.3 is 11.5 Å². The molecule has 0 unspecified atom stereocenters. The molecule has 1 rings (SSSR count). The van der Waals surface area contributed by atoms with E-state index < -0.39 is 5.09 Å². The van der Waals surface area contributed by atoms with Crippen LogP contribution in [0.1, 0.15) is 43.7 Å². The van der Waals surface area contributed by atoms with E-state index in [9.17, 15) is 0 Å². The van der Waals surface area contributed by atoms with Gasteiger partial charge in [0.2, 0.25) is 5.96 Å². The van der Waals surface area contributed by atoms with E-state index in [0.717, 1.165) is 24.1 Å². The molecule has 6 N–H and O–H groups in total. The average molecular weight is 310 g/mol. The van der Waals surface area contributed by atoms with E-state index in [1.54, 1.807) is 0 Å². The van der Waals surface area contributed by atoms with E-state index >= 15 is 0 Å². The smallest absolute Gasteiger partial charge is 0.369 e. The first kappa shape index (κ1) is 19.4. The molecule has 0 saturated carbocycles. The van der Waals surface area contributed by atoms with Gasteiger partial charge in [-0.05, 0) is 25.3 Å². The number of nitrogens with two attached hydrogens (primary N) is 2. The summed E-state index contributed by atoms with van der Waals surface area (Å²) in [5, 5.41) is 20.5. The van der Waals surface area contributed by atoms with Crippen molar-refractivity contribution in [2.45, 2.75) is 39.5 Å². The molecule has 1 aromatic rings. The molecule has 1 aromatic carbocycles. The Bertz CT molecular complexity index is 521. The minimum atomic E-state index is -1.25. The lowest BCUT2D eigenvalue weighted by atomic mass is 10.0. The zero-order chi connectivity index (χ0) is 17.0. The lowest BCUT2D eigenvalue weighted by Crippen LogP contribution is -2.22. The first-order chi connectivity index (χ1) is 10.4. The summed E-state index contributed by atoms with van der Waals surface area (Å²) in [5.74, 6) is -0.00403. The molecule has 0 heterocycles. The SMILES string of the molecule is CCCCC/C(=N\N=C(N)N)c1cccc(C)c1.O=[N+](O)O. The number of benzene rings is 1. The van der Waals surface area contributed by atoms with Crippen molar-refractivity contribution >= 4 is 11.7 Å². The summed E-state index contributed by atoms with van der Waals surface area (Å²) in [6.07, 6.45) is 4.37.